The minimum Gasteiger partial charge on any atom is -0.497 e. The van der Waals surface area contributed by atoms with Gasteiger partial charge in [-0.15, -0.1) is 0 Å². The predicted molar refractivity (Wildman–Crippen MR) is 88.8 cm³/mol. The number of aliphatic hydroxyl groups excluding tert-OH is 1. The number of benzene rings is 2. The van der Waals surface area contributed by atoms with Crippen molar-refractivity contribution in [2.45, 2.75) is 45.6 Å². The van der Waals surface area contributed by atoms with Gasteiger partial charge in [0.05, 0.1) is 13.2 Å². The van der Waals surface area contributed by atoms with E-state index in [0.717, 1.165) is 34.9 Å². The molecule has 2 aromatic rings. The standard InChI is InChI=1S/C19H26O2/c1-4-6-7-14(5-2)19(20)17-9-8-16-13-18(21-3)11-10-15(16)12-17/h8-14,19-20H,4-7H2,1-3H3. The Hall–Kier alpha value is -1.54. The van der Waals surface area contributed by atoms with Crippen LogP contribution in [0.4, 0.5) is 0 Å². The number of rotatable bonds is 7. The van der Waals surface area contributed by atoms with Crippen LogP contribution in [-0.2, 0) is 0 Å². The highest BCUT2D eigenvalue weighted by Gasteiger charge is 2.19. The summed E-state index contributed by atoms with van der Waals surface area (Å²) >= 11 is 0. The van der Waals surface area contributed by atoms with Gasteiger partial charge in [0, 0.05) is 0 Å². The van der Waals surface area contributed by atoms with Crippen molar-refractivity contribution >= 4 is 10.8 Å². The molecule has 2 aromatic carbocycles. The Bertz CT molecular complexity index is 577. The Morgan fingerprint density at radius 1 is 1.05 bits per heavy atom. The summed E-state index contributed by atoms with van der Waals surface area (Å²) in [7, 11) is 1.68. The van der Waals surface area contributed by atoms with Crippen LogP contribution in [0.25, 0.3) is 10.8 Å². The molecule has 0 aliphatic heterocycles. The molecule has 2 nitrogen and oxygen atoms in total. The zero-order valence-electron chi connectivity index (χ0n) is 13.3. The molecule has 0 aliphatic rings. The molecule has 0 aliphatic carbocycles. The SMILES string of the molecule is CCCCC(CC)C(O)c1ccc2cc(OC)ccc2c1. The van der Waals surface area contributed by atoms with Crippen molar-refractivity contribution in [1.82, 2.24) is 0 Å². The molecule has 0 bridgehead atoms. The van der Waals surface area contributed by atoms with Crippen LogP contribution in [0.5, 0.6) is 5.75 Å². The molecule has 0 radical (unpaired) electrons. The highest BCUT2D eigenvalue weighted by atomic mass is 16.5. The van der Waals surface area contributed by atoms with E-state index in [1.165, 1.54) is 12.8 Å². The first-order valence-corrected chi connectivity index (χ1v) is 7.95. The van der Waals surface area contributed by atoms with Gasteiger partial charge in [-0.3, -0.25) is 0 Å². The van der Waals surface area contributed by atoms with Crippen LogP contribution in [0.15, 0.2) is 36.4 Å². The average Bonchev–Trinajstić information content (AvgIpc) is 2.54. The van der Waals surface area contributed by atoms with E-state index in [1.807, 2.05) is 18.2 Å². The molecule has 0 heterocycles. The summed E-state index contributed by atoms with van der Waals surface area (Å²) in [6.45, 7) is 4.36. The quantitative estimate of drug-likeness (QED) is 0.767. The minimum absolute atomic E-state index is 0.348. The van der Waals surface area contributed by atoms with Crippen LogP contribution in [0, 0.1) is 5.92 Å². The first-order valence-electron chi connectivity index (χ1n) is 7.95. The molecule has 2 unspecified atom stereocenters. The summed E-state index contributed by atoms with van der Waals surface area (Å²) < 4.78 is 5.25. The Balaban J connectivity index is 2.24. The maximum absolute atomic E-state index is 10.6. The van der Waals surface area contributed by atoms with E-state index in [2.05, 4.69) is 32.0 Å². The van der Waals surface area contributed by atoms with E-state index < -0.39 is 0 Å². The summed E-state index contributed by atoms with van der Waals surface area (Å²) in [5, 5.41) is 12.9. The lowest BCUT2D eigenvalue weighted by Crippen LogP contribution is -2.12. The molecule has 2 rings (SSSR count). The lowest BCUT2D eigenvalue weighted by atomic mass is 9.88. The number of fused-ring (bicyclic) bond motifs is 1. The van der Waals surface area contributed by atoms with E-state index in [1.54, 1.807) is 7.11 Å². The topological polar surface area (TPSA) is 29.5 Å². The van der Waals surface area contributed by atoms with Crippen molar-refractivity contribution in [2.75, 3.05) is 7.11 Å². The fraction of sp³-hybridized carbons (Fsp3) is 0.474. The fourth-order valence-corrected chi connectivity index (χ4v) is 2.88. The van der Waals surface area contributed by atoms with Gasteiger partial charge in [0.1, 0.15) is 5.75 Å². The minimum atomic E-state index is -0.368. The van der Waals surface area contributed by atoms with E-state index >= 15 is 0 Å². The van der Waals surface area contributed by atoms with E-state index in [0.29, 0.717) is 5.92 Å². The Kier molecular flexibility index (Phi) is 5.63. The molecule has 114 valence electrons. The summed E-state index contributed by atoms with van der Waals surface area (Å²) in [5.41, 5.74) is 1.02. The van der Waals surface area contributed by atoms with Crippen LogP contribution in [0.1, 0.15) is 51.2 Å². The van der Waals surface area contributed by atoms with E-state index in [4.69, 9.17) is 4.74 Å². The Morgan fingerprint density at radius 3 is 2.43 bits per heavy atom. The van der Waals surface area contributed by atoms with Gasteiger partial charge in [0.25, 0.3) is 0 Å². The summed E-state index contributed by atoms with van der Waals surface area (Å²) in [4.78, 5) is 0. The van der Waals surface area contributed by atoms with Gasteiger partial charge in [-0.2, -0.15) is 0 Å². The number of methoxy groups -OCH3 is 1. The number of unbranched alkanes of at least 4 members (excludes halogenated alkanes) is 1. The third-order valence-electron chi connectivity index (χ3n) is 4.31. The van der Waals surface area contributed by atoms with Gasteiger partial charge in [0.2, 0.25) is 0 Å². The van der Waals surface area contributed by atoms with Crippen molar-refractivity contribution in [3.63, 3.8) is 0 Å². The summed E-state index contributed by atoms with van der Waals surface area (Å²) in [6.07, 6.45) is 4.10. The van der Waals surface area contributed by atoms with Crippen molar-refractivity contribution in [2.24, 2.45) is 5.92 Å². The lowest BCUT2D eigenvalue weighted by Gasteiger charge is -2.22. The van der Waals surface area contributed by atoms with E-state index in [-0.39, 0.29) is 6.10 Å². The first-order chi connectivity index (χ1) is 10.2. The number of ether oxygens (including phenoxy) is 1. The number of aliphatic hydroxyl groups is 1. The molecule has 2 heteroatoms. The Morgan fingerprint density at radius 2 is 1.76 bits per heavy atom. The number of hydrogen-bond donors (Lipinski definition) is 1. The van der Waals surface area contributed by atoms with Gasteiger partial charge in [0.15, 0.2) is 0 Å². The van der Waals surface area contributed by atoms with Crippen LogP contribution < -0.4 is 4.74 Å². The average molecular weight is 286 g/mol. The summed E-state index contributed by atoms with van der Waals surface area (Å²) in [5.74, 6) is 1.21. The van der Waals surface area contributed by atoms with Crippen molar-refractivity contribution < 1.29 is 9.84 Å². The second-order valence-corrected chi connectivity index (χ2v) is 5.73. The first kappa shape index (κ1) is 15.8. The largest absolute Gasteiger partial charge is 0.497 e. The third kappa shape index (κ3) is 3.76. The van der Waals surface area contributed by atoms with Gasteiger partial charge in [-0.05, 0) is 46.9 Å². The monoisotopic (exact) mass is 286 g/mol. The Labute approximate surface area is 127 Å². The van der Waals surface area contributed by atoms with Crippen LogP contribution in [0.2, 0.25) is 0 Å². The van der Waals surface area contributed by atoms with Crippen molar-refractivity contribution in [1.29, 1.82) is 0 Å². The molecule has 0 saturated heterocycles. The fourth-order valence-electron chi connectivity index (χ4n) is 2.88. The molecular weight excluding hydrogens is 260 g/mol. The second-order valence-electron chi connectivity index (χ2n) is 5.73. The number of hydrogen-bond acceptors (Lipinski definition) is 2. The highest BCUT2D eigenvalue weighted by molar-refractivity contribution is 5.84. The molecule has 21 heavy (non-hydrogen) atoms. The maximum Gasteiger partial charge on any atom is 0.119 e. The highest BCUT2D eigenvalue weighted by Crippen LogP contribution is 2.31. The van der Waals surface area contributed by atoms with E-state index in [9.17, 15) is 5.11 Å². The van der Waals surface area contributed by atoms with Crippen molar-refractivity contribution in [3.05, 3.63) is 42.0 Å². The molecule has 0 amide bonds. The molecule has 0 aromatic heterocycles. The molecular formula is C19H26O2. The second kappa shape index (κ2) is 7.46. The van der Waals surface area contributed by atoms with Gasteiger partial charge >= 0.3 is 0 Å². The van der Waals surface area contributed by atoms with Crippen LogP contribution in [0.3, 0.4) is 0 Å². The van der Waals surface area contributed by atoms with Gasteiger partial charge in [-0.25, -0.2) is 0 Å². The molecule has 0 saturated carbocycles. The normalized spacial score (nSPS) is 14.1. The van der Waals surface area contributed by atoms with Crippen LogP contribution >= 0.6 is 0 Å². The molecule has 2 atom stereocenters. The van der Waals surface area contributed by atoms with Gasteiger partial charge in [-0.1, -0.05) is 51.3 Å². The van der Waals surface area contributed by atoms with Gasteiger partial charge < -0.3 is 9.84 Å². The third-order valence-corrected chi connectivity index (χ3v) is 4.31. The van der Waals surface area contributed by atoms with Crippen LogP contribution in [-0.4, -0.2) is 12.2 Å². The predicted octanol–water partition coefficient (Wildman–Crippen LogP) is 5.10. The molecule has 0 fully saturated rings. The zero-order chi connectivity index (χ0) is 15.2. The maximum atomic E-state index is 10.6. The van der Waals surface area contributed by atoms with Crippen molar-refractivity contribution in [3.8, 4) is 5.75 Å². The molecule has 0 spiro atoms. The molecule has 1 N–H and O–H groups in total. The zero-order valence-corrected chi connectivity index (χ0v) is 13.3. The summed E-state index contributed by atoms with van der Waals surface area (Å²) in [6, 6.07) is 12.3. The lowest BCUT2D eigenvalue weighted by molar-refractivity contribution is 0.0990. The smallest absolute Gasteiger partial charge is 0.119 e.